The fraction of sp³-hybridized carbons (Fsp3) is 0.343. The molecular weight excluding hydrogens is 734 g/mol. The topological polar surface area (TPSA) is 247 Å². The van der Waals surface area contributed by atoms with Gasteiger partial charge in [-0.2, -0.15) is 0 Å². The molecule has 0 saturated carbocycles. The van der Waals surface area contributed by atoms with Crippen LogP contribution in [0.25, 0.3) is 10.9 Å². The number of para-hydroxylation sites is 1. The van der Waals surface area contributed by atoms with Crippen LogP contribution >= 0.6 is 11.6 Å². The second-order valence-corrected chi connectivity index (χ2v) is 14.9. The van der Waals surface area contributed by atoms with Crippen LogP contribution in [0.15, 0.2) is 77.2 Å². The third-order valence-electron chi connectivity index (χ3n) is 7.56. The summed E-state index contributed by atoms with van der Waals surface area (Å²) in [4.78, 5) is 81.2. The summed E-state index contributed by atoms with van der Waals surface area (Å²) < 4.78 is 28.1. The maximum absolute atomic E-state index is 13.9. The first-order valence-electron chi connectivity index (χ1n) is 16.2. The lowest BCUT2D eigenvalue weighted by Crippen LogP contribution is -2.59. The molecule has 2 aromatic carbocycles. The molecule has 3 aromatic rings. The Morgan fingerprint density at radius 1 is 0.792 bits per heavy atom. The quantitative estimate of drug-likeness (QED) is 0.109. The van der Waals surface area contributed by atoms with Crippen molar-refractivity contribution in [3.05, 3.63) is 88.4 Å². The smallest absolute Gasteiger partial charge is 0.408 e. The third kappa shape index (κ3) is 13.8. The number of carboxylic acid groups (broad SMARTS) is 2. The van der Waals surface area contributed by atoms with Crippen LogP contribution in [0.2, 0.25) is 0 Å². The number of carboxylic acids is 2. The summed E-state index contributed by atoms with van der Waals surface area (Å²) in [5.74, 6) is -6.32. The zero-order valence-electron chi connectivity index (χ0n) is 28.9. The van der Waals surface area contributed by atoms with Gasteiger partial charge in [-0.3, -0.25) is 29.0 Å². The van der Waals surface area contributed by atoms with Gasteiger partial charge >= 0.3 is 18.0 Å². The van der Waals surface area contributed by atoms with E-state index < -0.39 is 92.9 Å². The molecule has 0 saturated heterocycles. The number of benzene rings is 2. The van der Waals surface area contributed by atoms with Crippen LogP contribution in [-0.4, -0.2) is 89.8 Å². The fourth-order valence-electron chi connectivity index (χ4n) is 4.89. The van der Waals surface area contributed by atoms with Crippen LogP contribution in [-0.2, 0) is 51.6 Å². The van der Waals surface area contributed by atoms with Crippen molar-refractivity contribution in [1.82, 2.24) is 26.3 Å². The largest absolute Gasteiger partial charge is 0.481 e. The van der Waals surface area contributed by atoms with E-state index in [0.29, 0.717) is 16.8 Å². The zero-order chi connectivity index (χ0) is 39.3. The highest BCUT2D eigenvalue weighted by molar-refractivity contribution is 7.96. The summed E-state index contributed by atoms with van der Waals surface area (Å²) in [6.07, 6.45) is -1.30. The fourth-order valence-corrected chi connectivity index (χ4v) is 5.45. The van der Waals surface area contributed by atoms with Gasteiger partial charge in [-0.25, -0.2) is 13.2 Å². The molecule has 4 atom stereocenters. The number of amides is 4. The maximum Gasteiger partial charge on any atom is 0.408 e. The molecule has 53 heavy (non-hydrogen) atoms. The number of alkyl carbamates (subject to hydrolysis) is 1. The number of hydrogen-bond donors (Lipinski definition) is 6. The van der Waals surface area contributed by atoms with Gasteiger partial charge in [-0.05, 0) is 29.7 Å². The molecule has 1 unspecified atom stereocenters. The normalized spacial score (nSPS) is 13.9. The highest BCUT2D eigenvalue weighted by atomic mass is 35.5. The maximum atomic E-state index is 13.9. The second kappa shape index (κ2) is 19.3. The summed E-state index contributed by atoms with van der Waals surface area (Å²) >= 11 is 5.82. The average molecular weight is 774 g/mol. The summed E-state index contributed by atoms with van der Waals surface area (Å²) in [6.45, 7) is 2.97. The van der Waals surface area contributed by atoms with E-state index in [1.807, 2.05) is 12.1 Å². The minimum absolute atomic E-state index is 0.172. The molecule has 4 amide bonds. The van der Waals surface area contributed by atoms with E-state index in [0.717, 1.165) is 17.7 Å². The lowest BCUT2D eigenvalue weighted by molar-refractivity contribution is -0.140. The number of pyridine rings is 1. The standard InChI is InChI=1S/C35H40ClN5O11S/c1-20(2)31(34(48)38-24(17-29(42)43)16-28(36)53(3,50)51)41-33(47)26(15-23-14-13-22-11-7-8-12-25(22)37-23)39-32(46)27(18-30(44)45)40-35(49)52-19-21-9-5-4-6-10-21/h4-14,16,20,24,26-27,31H,15,17-19H2,1-3H3,(H,38,48)(H,39,46)(H,40,49)(H,41,47)(H,42,43)(H,44,45)/b28-16+/t24-,26?,27+,31+/m1/s1. The van der Waals surface area contributed by atoms with Crippen molar-refractivity contribution < 1.29 is 52.1 Å². The molecule has 1 aromatic heterocycles. The Morgan fingerprint density at radius 3 is 2.04 bits per heavy atom. The monoisotopic (exact) mass is 773 g/mol. The summed E-state index contributed by atoms with van der Waals surface area (Å²) in [5, 5.41) is 29.3. The first kappa shape index (κ1) is 41.9. The molecule has 0 fully saturated rings. The van der Waals surface area contributed by atoms with Gasteiger partial charge in [0.05, 0.1) is 24.4 Å². The number of nitrogens with one attached hydrogen (secondary N) is 4. The molecule has 3 rings (SSSR count). The molecule has 284 valence electrons. The Kier molecular flexibility index (Phi) is 15.3. The van der Waals surface area contributed by atoms with Gasteiger partial charge in [-0.15, -0.1) is 0 Å². The summed E-state index contributed by atoms with van der Waals surface area (Å²) in [5.41, 5.74) is 1.54. The predicted octanol–water partition coefficient (Wildman–Crippen LogP) is 2.26. The number of fused-ring (bicyclic) bond motifs is 1. The number of nitrogens with zero attached hydrogens (tertiary/aromatic N) is 1. The molecule has 1 heterocycles. The van der Waals surface area contributed by atoms with Gasteiger partial charge in [0.2, 0.25) is 17.7 Å². The predicted molar refractivity (Wildman–Crippen MR) is 193 cm³/mol. The number of hydrogen-bond acceptors (Lipinski definition) is 10. The molecule has 0 aliphatic heterocycles. The van der Waals surface area contributed by atoms with Gasteiger partial charge in [0.25, 0.3) is 0 Å². The van der Waals surface area contributed by atoms with Gasteiger partial charge in [0.1, 0.15) is 29.1 Å². The van der Waals surface area contributed by atoms with Crippen molar-refractivity contribution in [2.45, 2.75) is 63.9 Å². The molecule has 0 radical (unpaired) electrons. The van der Waals surface area contributed by atoms with Crippen molar-refractivity contribution in [3.63, 3.8) is 0 Å². The van der Waals surface area contributed by atoms with E-state index in [1.54, 1.807) is 68.4 Å². The Morgan fingerprint density at radius 2 is 1.42 bits per heavy atom. The van der Waals surface area contributed by atoms with Crippen LogP contribution in [0, 0.1) is 5.92 Å². The number of ether oxygens (including phenoxy) is 1. The zero-order valence-corrected chi connectivity index (χ0v) is 30.5. The lowest BCUT2D eigenvalue weighted by Gasteiger charge is -2.27. The SMILES string of the molecule is CC(C)[C@H](NC(=O)C(Cc1ccc2ccccc2n1)NC(=O)[C@H](CC(=O)O)NC(=O)OCc1ccccc1)C(=O)N[C@H](/C=C(\Cl)S(C)(=O)=O)CC(=O)O. The Balaban J connectivity index is 1.89. The summed E-state index contributed by atoms with van der Waals surface area (Å²) in [6, 6.07) is 13.1. The molecule has 0 spiro atoms. The highest BCUT2D eigenvalue weighted by Gasteiger charge is 2.33. The van der Waals surface area contributed by atoms with E-state index in [-0.39, 0.29) is 13.0 Å². The number of carbonyl (C=O) groups excluding carboxylic acids is 4. The van der Waals surface area contributed by atoms with Crippen molar-refractivity contribution in [1.29, 1.82) is 0 Å². The number of aliphatic carboxylic acids is 2. The molecule has 6 N–H and O–H groups in total. The first-order valence-corrected chi connectivity index (χ1v) is 18.4. The third-order valence-corrected chi connectivity index (χ3v) is 9.37. The van der Waals surface area contributed by atoms with Crippen LogP contribution < -0.4 is 21.3 Å². The minimum Gasteiger partial charge on any atom is -0.481 e. The highest BCUT2D eigenvalue weighted by Crippen LogP contribution is 2.15. The minimum atomic E-state index is -3.93. The van der Waals surface area contributed by atoms with Crippen molar-refractivity contribution in [2.24, 2.45) is 5.92 Å². The van der Waals surface area contributed by atoms with Crippen molar-refractivity contribution in [3.8, 4) is 0 Å². The van der Waals surface area contributed by atoms with Gasteiger partial charge in [0, 0.05) is 23.8 Å². The van der Waals surface area contributed by atoms with Gasteiger partial charge in [-0.1, -0.05) is 80.0 Å². The number of carbonyl (C=O) groups is 6. The van der Waals surface area contributed by atoms with E-state index in [2.05, 4.69) is 26.3 Å². The average Bonchev–Trinajstić information content (AvgIpc) is 3.08. The van der Waals surface area contributed by atoms with Crippen LogP contribution in [0.1, 0.15) is 37.9 Å². The lowest BCUT2D eigenvalue weighted by atomic mass is 10.0. The van der Waals surface area contributed by atoms with E-state index in [9.17, 15) is 47.4 Å². The van der Waals surface area contributed by atoms with Crippen LogP contribution in [0.4, 0.5) is 4.79 Å². The van der Waals surface area contributed by atoms with Gasteiger partial charge in [0.15, 0.2) is 9.84 Å². The Labute approximate surface area is 310 Å². The Hall–Kier alpha value is -5.55. The van der Waals surface area contributed by atoms with E-state index in [1.165, 1.54) is 0 Å². The number of aromatic nitrogens is 1. The molecule has 0 aliphatic rings. The number of rotatable bonds is 18. The number of sulfone groups is 1. The molecule has 16 nitrogen and oxygen atoms in total. The Bertz CT molecular complexity index is 1960. The van der Waals surface area contributed by atoms with Crippen LogP contribution in [0.3, 0.4) is 0 Å². The van der Waals surface area contributed by atoms with E-state index in [4.69, 9.17) is 16.3 Å². The van der Waals surface area contributed by atoms with Crippen molar-refractivity contribution in [2.75, 3.05) is 6.26 Å². The van der Waals surface area contributed by atoms with Gasteiger partial charge < -0.3 is 36.2 Å². The number of halogens is 1. The van der Waals surface area contributed by atoms with Crippen LogP contribution in [0.5, 0.6) is 0 Å². The molecule has 18 heteroatoms. The second-order valence-electron chi connectivity index (χ2n) is 12.3. The molecule has 0 aliphatic carbocycles. The summed E-state index contributed by atoms with van der Waals surface area (Å²) in [7, 11) is -3.93. The molecular formula is C35H40ClN5O11S. The van der Waals surface area contributed by atoms with Crippen molar-refractivity contribution >= 4 is 68.1 Å². The first-order chi connectivity index (χ1) is 24.9. The van der Waals surface area contributed by atoms with E-state index >= 15 is 0 Å². The molecule has 0 bridgehead atoms.